The van der Waals surface area contributed by atoms with Gasteiger partial charge in [0.1, 0.15) is 6.54 Å². The van der Waals surface area contributed by atoms with E-state index in [0.29, 0.717) is 5.50 Å². The summed E-state index contributed by atoms with van der Waals surface area (Å²) in [4.78, 5) is 4.47. The fourth-order valence-electron chi connectivity index (χ4n) is 2.19. The molecule has 19 heavy (non-hydrogen) atoms. The number of rotatable bonds is 5. The minimum Gasteiger partial charge on any atom is -0.305 e. The lowest BCUT2D eigenvalue weighted by Crippen LogP contribution is -2.46. The Morgan fingerprint density at radius 2 is 1.95 bits per heavy atom. The summed E-state index contributed by atoms with van der Waals surface area (Å²) in [6.45, 7) is 4.52. The van der Waals surface area contributed by atoms with Gasteiger partial charge in [0.05, 0.1) is 13.1 Å². The second kappa shape index (κ2) is 7.06. The predicted octanol–water partition coefficient (Wildman–Crippen LogP) is 0.757. The van der Waals surface area contributed by atoms with Crippen molar-refractivity contribution >= 4 is 26.8 Å². The van der Waals surface area contributed by atoms with E-state index in [-0.39, 0.29) is 0 Å². The maximum absolute atomic E-state index is 3.63. The standard InChI is InChI=1S/C12H25N5S2/c1-14(2)9-10-17(16-7-5-6-8-16)12-13-11(15(3)4)18-19-12/h11H,5-10H2,1-4H3/p+1. The van der Waals surface area contributed by atoms with E-state index in [9.17, 15) is 0 Å². The molecule has 2 aliphatic heterocycles. The van der Waals surface area contributed by atoms with E-state index in [1.54, 1.807) is 0 Å². The van der Waals surface area contributed by atoms with Gasteiger partial charge < -0.3 is 4.90 Å². The smallest absolute Gasteiger partial charge is 0.305 e. The average molecular weight is 305 g/mol. The van der Waals surface area contributed by atoms with E-state index < -0.39 is 0 Å². The lowest BCUT2D eigenvalue weighted by atomic mass is 10.4. The van der Waals surface area contributed by atoms with Gasteiger partial charge in [-0.05, 0) is 51.8 Å². The summed E-state index contributed by atoms with van der Waals surface area (Å²) < 4.78 is 2.45. The molecule has 0 aromatic rings. The van der Waals surface area contributed by atoms with Crippen LogP contribution in [-0.4, -0.2) is 84.5 Å². The van der Waals surface area contributed by atoms with Crippen molar-refractivity contribution in [3.63, 3.8) is 0 Å². The summed E-state index contributed by atoms with van der Waals surface area (Å²) >= 11 is 0. The lowest BCUT2D eigenvalue weighted by Gasteiger charge is -2.22. The quantitative estimate of drug-likeness (QED) is 0.595. The molecule has 2 fully saturated rings. The Hall–Kier alpha value is -0.110. The third kappa shape index (κ3) is 4.18. The van der Waals surface area contributed by atoms with Crippen LogP contribution in [0.4, 0.5) is 0 Å². The Balaban J connectivity index is 2.07. The third-order valence-corrected chi connectivity index (χ3v) is 5.97. The van der Waals surface area contributed by atoms with E-state index in [1.807, 2.05) is 21.6 Å². The third-order valence-electron chi connectivity index (χ3n) is 3.35. The zero-order valence-corrected chi connectivity index (χ0v) is 14.1. The first-order valence-corrected chi connectivity index (χ1v) is 9.09. The minimum absolute atomic E-state index is 0.379. The Morgan fingerprint density at radius 1 is 1.26 bits per heavy atom. The highest BCUT2D eigenvalue weighted by Gasteiger charge is 2.34. The molecule has 0 saturated carbocycles. The van der Waals surface area contributed by atoms with Gasteiger partial charge in [-0.1, -0.05) is 0 Å². The number of hydrazine groups is 1. The summed E-state index contributed by atoms with van der Waals surface area (Å²) in [5.41, 5.74) is 0.379. The molecule has 0 spiro atoms. The summed E-state index contributed by atoms with van der Waals surface area (Å²) in [5.74, 6) is 0. The van der Waals surface area contributed by atoms with Crippen LogP contribution in [0, 0.1) is 0 Å². The van der Waals surface area contributed by atoms with Crippen molar-refractivity contribution in [2.75, 3.05) is 54.4 Å². The first kappa shape index (κ1) is 15.3. The highest BCUT2D eigenvalue weighted by Crippen LogP contribution is 2.34. The van der Waals surface area contributed by atoms with E-state index in [4.69, 9.17) is 0 Å². The molecule has 0 aromatic carbocycles. The van der Waals surface area contributed by atoms with Crippen LogP contribution in [0.1, 0.15) is 12.8 Å². The molecular weight excluding hydrogens is 278 g/mol. The molecule has 110 valence electrons. The van der Waals surface area contributed by atoms with Gasteiger partial charge in [0.15, 0.2) is 0 Å². The SMILES string of the molecule is CN(C)CC[N+](=C1NC(N(C)C)SS1)N1CCCC1. The van der Waals surface area contributed by atoms with Crippen molar-refractivity contribution in [2.45, 2.75) is 18.3 Å². The van der Waals surface area contributed by atoms with Crippen LogP contribution in [0.3, 0.4) is 0 Å². The van der Waals surface area contributed by atoms with Gasteiger partial charge in [-0.2, -0.15) is 4.68 Å². The van der Waals surface area contributed by atoms with Crippen molar-refractivity contribution in [3.05, 3.63) is 0 Å². The van der Waals surface area contributed by atoms with Crippen molar-refractivity contribution < 1.29 is 4.68 Å². The molecule has 0 bridgehead atoms. The van der Waals surface area contributed by atoms with Crippen molar-refractivity contribution in [1.29, 1.82) is 0 Å². The largest absolute Gasteiger partial charge is 0.342 e. The van der Waals surface area contributed by atoms with E-state index in [2.05, 4.69) is 53.0 Å². The highest BCUT2D eigenvalue weighted by atomic mass is 33.1. The van der Waals surface area contributed by atoms with Crippen LogP contribution >= 0.6 is 21.6 Å². The number of nitrogens with zero attached hydrogens (tertiary/aromatic N) is 4. The van der Waals surface area contributed by atoms with Crippen LogP contribution < -0.4 is 5.32 Å². The maximum atomic E-state index is 3.63. The molecule has 2 aliphatic rings. The predicted molar refractivity (Wildman–Crippen MR) is 85.3 cm³/mol. The second-order valence-electron chi connectivity index (χ2n) is 5.53. The van der Waals surface area contributed by atoms with Gasteiger partial charge in [-0.15, -0.1) is 0 Å². The number of amidine groups is 1. The Labute approximate surface area is 124 Å². The van der Waals surface area contributed by atoms with Crippen LogP contribution in [0.2, 0.25) is 0 Å². The van der Waals surface area contributed by atoms with E-state index in [0.717, 1.165) is 13.1 Å². The highest BCUT2D eigenvalue weighted by molar-refractivity contribution is 8.83. The fraction of sp³-hybridized carbons (Fsp3) is 0.917. The monoisotopic (exact) mass is 304 g/mol. The lowest BCUT2D eigenvalue weighted by molar-refractivity contribution is -0.685. The molecule has 0 aromatic heterocycles. The van der Waals surface area contributed by atoms with Gasteiger partial charge >= 0.3 is 5.17 Å². The molecule has 2 rings (SSSR count). The molecular formula is C12H26N5S2+. The molecule has 0 radical (unpaired) electrons. The normalized spacial score (nSPS) is 26.4. The van der Waals surface area contributed by atoms with Crippen LogP contribution in [0.5, 0.6) is 0 Å². The number of hydrazone groups is 1. The van der Waals surface area contributed by atoms with Crippen LogP contribution in [0.25, 0.3) is 0 Å². The molecule has 2 heterocycles. The summed E-state index contributed by atoms with van der Waals surface area (Å²) in [5, 5.41) is 7.42. The summed E-state index contributed by atoms with van der Waals surface area (Å²) in [7, 11) is 12.3. The molecule has 2 saturated heterocycles. The first-order chi connectivity index (χ1) is 9.08. The summed E-state index contributed by atoms with van der Waals surface area (Å²) in [6, 6.07) is 0. The Bertz CT molecular complexity index is 326. The number of nitrogens with one attached hydrogen (secondary N) is 1. The molecule has 1 atom stereocenters. The van der Waals surface area contributed by atoms with Gasteiger partial charge in [0.2, 0.25) is 5.50 Å². The van der Waals surface area contributed by atoms with Gasteiger partial charge in [0.25, 0.3) is 0 Å². The van der Waals surface area contributed by atoms with Gasteiger partial charge in [-0.25, -0.2) is 10.3 Å². The van der Waals surface area contributed by atoms with Crippen LogP contribution in [0.15, 0.2) is 0 Å². The summed E-state index contributed by atoms with van der Waals surface area (Å²) in [6.07, 6.45) is 2.64. The second-order valence-corrected chi connectivity index (χ2v) is 7.80. The van der Waals surface area contributed by atoms with Crippen LogP contribution in [-0.2, 0) is 0 Å². The van der Waals surface area contributed by atoms with Crippen molar-refractivity contribution in [1.82, 2.24) is 20.1 Å². The topological polar surface area (TPSA) is 24.8 Å². The fourth-order valence-corrected chi connectivity index (χ4v) is 4.84. The van der Waals surface area contributed by atoms with Crippen molar-refractivity contribution in [2.24, 2.45) is 0 Å². The average Bonchev–Trinajstić information content (AvgIpc) is 2.98. The molecule has 1 N–H and O–H groups in total. The molecule has 5 nitrogen and oxygen atoms in total. The van der Waals surface area contributed by atoms with Crippen molar-refractivity contribution in [3.8, 4) is 0 Å². The zero-order chi connectivity index (χ0) is 13.8. The van der Waals surface area contributed by atoms with Gasteiger partial charge in [-0.3, -0.25) is 4.90 Å². The Kier molecular flexibility index (Phi) is 5.68. The number of hydrogen-bond acceptors (Lipinski definition) is 5. The minimum atomic E-state index is 0.379. The van der Waals surface area contributed by atoms with Gasteiger partial charge in [0, 0.05) is 17.3 Å². The molecule has 1 unspecified atom stereocenters. The number of likely N-dealkylation sites (N-methyl/N-ethyl adjacent to an activating group) is 1. The molecule has 0 amide bonds. The molecule has 7 heteroatoms. The first-order valence-electron chi connectivity index (χ1n) is 6.88. The van der Waals surface area contributed by atoms with E-state index in [1.165, 1.54) is 31.1 Å². The molecule has 0 aliphatic carbocycles. The number of hydrogen-bond donors (Lipinski definition) is 1. The van der Waals surface area contributed by atoms with E-state index >= 15 is 0 Å². The zero-order valence-electron chi connectivity index (χ0n) is 12.4. The Morgan fingerprint density at radius 3 is 2.47 bits per heavy atom. The maximum Gasteiger partial charge on any atom is 0.342 e.